The van der Waals surface area contributed by atoms with E-state index in [1.807, 2.05) is 6.08 Å². The first-order valence-corrected chi connectivity index (χ1v) is 4.55. The molecule has 0 aromatic heterocycles. The van der Waals surface area contributed by atoms with Crippen LogP contribution in [-0.4, -0.2) is 0 Å². The van der Waals surface area contributed by atoms with Crippen LogP contribution in [0.4, 0.5) is 0 Å². The Kier molecular flexibility index (Phi) is 2.56. The van der Waals surface area contributed by atoms with Gasteiger partial charge in [-0.3, -0.25) is 0 Å². The number of hydrogen-bond acceptors (Lipinski definition) is 0. The minimum atomic E-state index is 0.641. The van der Waals surface area contributed by atoms with Crippen molar-refractivity contribution in [3.8, 4) is 0 Å². The summed E-state index contributed by atoms with van der Waals surface area (Å²) in [7, 11) is 0. The molecule has 0 saturated heterocycles. The molecular formula is C12H18. The summed E-state index contributed by atoms with van der Waals surface area (Å²) in [5, 5.41) is 0. The zero-order valence-electron chi connectivity index (χ0n) is 8.57. The summed E-state index contributed by atoms with van der Waals surface area (Å²) in [5.41, 5.74) is 6.04. The van der Waals surface area contributed by atoms with Gasteiger partial charge in [-0.05, 0) is 45.3 Å². The van der Waals surface area contributed by atoms with Crippen molar-refractivity contribution in [3.63, 3.8) is 0 Å². The normalized spacial score (nSPS) is 19.3. The molecular weight excluding hydrogens is 144 g/mol. The Labute approximate surface area is 75.7 Å². The van der Waals surface area contributed by atoms with E-state index in [0.717, 1.165) is 6.42 Å². The second kappa shape index (κ2) is 3.30. The lowest BCUT2D eigenvalue weighted by atomic mass is 9.93. The van der Waals surface area contributed by atoms with E-state index < -0.39 is 0 Å². The van der Waals surface area contributed by atoms with E-state index in [2.05, 4.69) is 34.3 Å². The van der Waals surface area contributed by atoms with Crippen molar-refractivity contribution in [1.82, 2.24) is 0 Å². The molecule has 0 radical (unpaired) electrons. The van der Waals surface area contributed by atoms with Crippen LogP contribution < -0.4 is 0 Å². The van der Waals surface area contributed by atoms with E-state index in [0.29, 0.717) is 5.92 Å². The Bertz CT molecular complexity index is 240. The van der Waals surface area contributed by atoms with Gasteiger partial charge in [0.15, 0.2) is 0 Å². The van der Waals surface area contributed by atoms with Crippen LogP contribution in [0, 0.1) is 5.92 Å². The maximum atomic E-state index is 3.80. The molecule has 12 heavy (non-hydrogen) atoms. The number of hydrogen-bond donors (Lipinski definition) is 0. The molecule has 1 aliphatic carbocycles. The SMILES string of the molecule is C=CCC1C(C)=C(C)C(C)=C1C. The molecule has 0 unspecified atom stereocenters. The summed E-state index contributed by atoms with van der Waals surface area (Å²) in [6, 6.07) is 0. The van der Waals surface area contributed by atoms with Gasteiger partial charge >= 0.3 is 0 Å². The lowest BCUT2D eigenvalue weighted by Gasteiger charge is -2.11. The summed E-state index contributed by atoms with van der Waals surface area (Å²) in [6.45, 7) is 12.7. The first kappa shape index (κ1) is 9.31. The van der Waals surface area contributed by atoms with Gasteiger partial charge in [0, 0.05) is 5.92 Å². The van der Waals surface area contributed by atoms with Gasteiger partial charge in [-0.25, -0.2) is 0 Å². The van der Waals surface area contributed by atoms with Gasteiger partial charge in [0.1, 0.15) is 0 Å². The third-order valence-electron chi connectivity index (χ3n) is 3.19. The van der Waals surface area contributed by atoms with Crippen molar-refractivity contribution in [2.24, 2.45) is 5.92 Å². The average Bonchev–Trinajstić information content (AvgIpc) is 2.23. The van der Waals surface area contributed by atoms with Crippen LogP contribution in [0.3, 0.4) is 0 Å². The summed E-state index contributed by atoms with van der Waals surface area (Å²) >= 11 is 0. The Morgan fingerprint density at radius 2 is 1.50 bits per heavy atom. The standard InChI is InChI=1S/C12H18/c1-6-7-12-10(4)8(2)9(3)11(12)5/h6,12H,1,7H2,2-5H3. The van der Waals surface area contributed by atoms with Gasteiger partial charge < -0.3 is 0 Å². The van der Waals surface area contributed by atoms with E-state index in [-0.39, 0.29) is 0 Å². The summed E-state index contributed by atoms with van der Waals surface area (Å²) in [4.78, 5) is 0. The Balaban J connectivity index is 2.99. The molecule has 0 saturated carbocycles. The van der Waals surface area contributed by atoms with Crippen molar-refractivity contribution in [2.75, 3.05) is 0 Å². The van der Waals surface area contributed by atoms with Gasteiger partial charge in [0.2, 0.25) is 0 Å². The summed E-state index contributed by atoms with van der Waals surface area (Å²) in [5.74, 6) is 0.641. The third kappa shape index (κ3) is 1.26. The van der Waals surface area contributed by atoms with Crippen LogP contribution in [0.15, 0.2) is 34.9 Å². The number of allylic oxidation sites excluding steroid dienone is 5. The largest absolute Gasteiger partial charge is 0.103 e. The molecule has 0 aliphatic heterocycles. The van der Waals surface area contributed by atoms with Crippen molar-refractivity contribution in [1.29, 1.82) is 0 Å². The second-order valence-electron chi connectivity index (χ2n) is 3.69. The molecule has 66 valence electrons. The van der Waals surface area contributed by atoms with Crippen LogP contribution in [0.25, 0.3) is 0 Å². The molecule has 0 atom stereocenters. The van der Waals surface area contributed by atoms with E-state index in [4.69, 9.17) is 0 Å². The summed E-state index contributed by atoms with van der Waals surface area (Å²) < 4.78 is 0. The monoisotopic (exact) mass is 162 g/mol. The van der Waals surface area contributed by atoms with Gasteiger partial charge in [0.05, 0.1) is 0 Å². The molecule has 0 fully saturated rings. The molecule has 1 rings (SSSR count). The molecule has 0 heterocycles. The lowest BCUT2D eigenvalue weighted by molar-refractivity contribution is 0.737. The van der Waals surface area contributed by atoms with Crippen LogP contribution in [0.5, 0.6) is 0 Å². The minimum Gasteiger partial charge on any atom is -0.103 e. The minimum absolute atomic E-state index is 0.641. The Morgan fingerprint density at radius 1 is 1.08 bits per heavy atom. The smallest absolute Gasteiger partial charge is 0.00474 e. The van der Waals surface area contributed by atoms with Crippen molar-refractivity contribution >= 4 is 0 Å². The molecule has 0 nitrogen and oxygen atoms in total. The fourth-order valence-corrected chi connectivity index (χ4v) is 1.96. The van der Waals surface area contributed by atoms with Crippen LogP contribution >= 0.6 is 0 Å². The predicted molar refractivity (Wildman–Crippen MR) is 55.1 cm³/mol. The highest BCUT2D eigenvalue weighted by atomic mass is 14.3. The van der Waals surface area contributed by atoms with Crippen LogP contribution in [-0.2, 0) is 0 Å². The van der Waals surface area contributed by atoms with Crippen molar-refractivity contribution in [3.05, 3.63) is 34.9 Å². The molecule has 0 aromatic carbocycles. The van der Waals surface area contributed by atoms with Gasteiger partial charge in [-0.2, -0.15) is 0 Å². The van der Waals surface area contributed by atoms with Crippen molar-refractivity contribution in [2.45, 2.75) is 34.1 Å². The highest BCUT2D eigenvalue weighted by molar-refractivity contribution is 5.46. The van der Waals surface area contributed by atoms with E-state index in [1.54, 1.807) is 0 Å². The van der Waals surface area contributed by atoms with Crippen LogP contribution in [0.1, 0.15) is 34.1 Å². The lowest BCUT2D eigenvalue weighted by Crippen LogP contribution is -1.98. The predicted octanol–water partition coefficient (Wildman–Crippen LogP) is 3.87. The maximum Gasteiger partial charge on any atom is 0.00474 e. The van der Waals surface area contributed by atoms with Gasteiger partial charge in [-0.15, -0.1) is 6.58 Å². The van der Waals surface area contributed by atoms with E-state index in [1.165, 1.54) is 22.3 Å². The van der Waals surface area contributed by atoms with Crippen molar-refractivity contribution < 1.29 is 0 Å². The zero-order chi connectivity index (χ0) is 9.30. The molecule has 0 N–H and O–H groups in total. The first-order chi connectivity index (χ1) is 5.59. The number of rotatable bonds is 2. The quantitative estimate of drug-likeness (QED) is 0.541. The topological polar surface area (TPSA) is 0 Å². The maximum absolute atomic E-state index is 3.80. The van der Waals surface area contributed by atoms with E-state index in [9.17, 15) is 0 Å². The zero-order valence-corrected chi connectivity index (χ0v) is 8.57. The van der Waals surface area contributed by atoms with Gasteiger partial charge in [-0.1, -0.05) is 17.2 Å². The molecule has 0 bridgehead atoms. The fourth-order valence-electron chi connectivity index (χ4n) is 1.96. The molecule has 0 spiro atoms. The average molecular weight is 162 g/mol. The van der Waals surface area contributed by atoms with Crippen LogP contribution in [0.2, 0.25) is 0 Å². The van der Waals surface area contributed by atoms with Gasteiger partial charge in [0.25, 0.3) is 0 Å². The molecule has 0 heteroatoms. The molecule has 0 amide bonds. The molecule has 1 aliphatic rings. The first-order valence-electron chi connectivity index (χ1n) is 4.55. The Morgan fingerprint density at radius 3 is 1.83 bits per heavy atom. The summed E-state index contributed by atoms with van der Waals surface area (Å²) in [6.07, 6.45) is 3.11. The molecule has 0 aromatic rings. The fraction of sp³-hybridized carbons (Fsp3) is 0.500. The highest BCUT2D eigenvalue weighted by Crippen LogP contribution is 2.38. The third-order valence-corrected chi connectivity index (χ3v) is 3.19. The highest BCUT2D eigenvalue weighted by Gasteiger charge is 2.22. The Hall–Kier alpha value is -0.780. The van der Waals surface area contributed by atoms with E-state index >= 15 is 0 Å². The second-order valence-corrected chi connectivity index (χ2v) is 3.69.